The molecule has 1 aromatic rings. The molecule has 0 saturated carbocycles. The second-order valence-corrected chi connectivity index (χ2v) is 3.24. The first-order chi connectivity index (χ1) is 7.17. The Morgan fingerprint density at radius 1 is 1.60 bits per heavy atom. The van der Waals surface area contributed by atoms with Crippen LogP contribution in [-0.4, -0.2) is 19.1 Å². The van der Waals surface area contributed by atoms with Crippen molar-refractivity contribution in [3.8, 4) is 5.75 Å². The maximum absolute atomic E-state index is 11.5. The molecule has 0 spiro atoms. The fourth-order valence-corrected chi connectivity index (χ4v) is 1.12. The van der Waals surface area contributed by atoms with E-state index in [1.54, 1.807) is 19.2 Å². The number of benzene rings is 1. The average molecular weight is 208 g/mol. The van der Waals surface area contributed by atoms with Crippen LogP contribution in [0.5, 0.6) is 5.75 Å². The van der Waals surface area contributed by atoms with Crippen LogP contribution >= 0.6 is 0 Å². The normalized spacial score (nSPS) is 11.9. The summed E-state index contributed by atoms with van der Waals surface area (Å²) in [5.41, 5.74) is 6.29. The van der Waals surface area contributed by atoms with Crippen LogP contribution in [0.15, 0.2) is 24.3 Å². The van der Waals surface area contributed by atoms with Gasteiger partial charge in [-0.15, -0.1) is 0 Å². The Balaban J connectivity index is 2.68. The zero-order valence-corrected chi connectivity index (χ0v) is 8.99. The Morgan fingerprint density at radius 2 is 2.33 bits per heavy atom. The fraction of sp³-hybridized carbons (Fsp3) is 0.364. The van der Waals surface area contributed by atoms with Crippen LogP contribution in [-0.2, 0) is 4.79 Å². The molecule has 1 unspecified atom stereocenters. The first-order valence-electron chi connectivity index (χ1n) is 4.88. The highest BCUT2D eigenvalue weighted by Gasteiger charge is 2.10. The summed E-state index contributed by atoms with van der Waals surface area (Å²) in [6, 6.07) is 6.71. The molecule has 0 aliphatic rings. The summed E-state index contributed by atoms with van der Waals surface area (Å²) >= 11 is 0. The van der Waals surface area contributed by atoms with Crippen molar-refractivity contribution in [2.24, 2.45) is 5.73 Å². The second kappa shape index (κ2) is 5.36. The highest BCUT2D eigenvalue weighted by Crippen LogP contribution is 2.16. The van der Waals surface area contributed by atoms with E-state index in [1.165, 1.54) is 0 Å². The highest BCUT2D eigenvalue weighted by molar-refractivity contribution is 5.94. The van der Waals surface area contributed by atoms with E-state index >= 15 is 0 Å². The average Bonchev–Trinajstić information content (AvgIpc) is 2.28. The summed E-state index contributed by atoms with van der Waals surface area (Å²) in [6.07, 6.45) is 0.621. The Hall–Kier alpha value is -1.55. The summed E-state index contributed by atoms with van der Waals surface area (Å²) in [4.78, 5) is 11.5. The maximum Gasteiger partial charge on any atom is 0.241 e. The van der Waals surface area contributed by atoms with E-state index in [-0.39, 0.29) is 5.91 Å². The molecule has 0 aliphatic carbocycles. The second-order valence-electron chi connectivity index (χ2n) is 3.24. The number of nitrogens with two attached hydrogens (primary N) is 1. The summed E-state index contributed by atoms with van der Waals surface area (Å²) < 4.78 is 5.04. The Kier molecular flexibility index (Phi) is 4.12. The van der Waals surface area contributed by atoms with Gasteiger partial charge in [0.2, 0.25) is 5.91 Å². The van der Waals surface area contributed by atoms with Gasteiger partial charge in [0.25, 0.3) is 0 Å². The van der Waals surface area contributed by atoms with Crippen molar-refractivity contribution in [1.29, 1.82) is 0 Å². The number of rotatable bonds is 4. The molecule has 1 rings (SSSR count). The molecule has 82 valence electrons. The van der Waals surface area contributed by atoms with Crippen LogP contribution in [0.4, 0.5) is 5.69 Å². The van der Waals surface area contributed by atoms with Crippen molar-refractivity contribution in [3.63, 3.8) is 0 Å². The van der Waals surface area contributed by atoms with Crippen molar-refractivity contribution in [3.05, 3.63) is 24.3 Å². The van der Waals surface area contributed by atoms with Crippen LogP contribution < -0.4 is 15.8 Å². The minimum absolute atomic E-state index is 0.175. The predicted molar refractivity (Wildman–Crippen MR) is 59.9 cm³/mol. The lowest BCUT2D eigenvalue weighted by Crippen LogP contribution is -2.34. The number of carbonyl (C=O) groups is 1. The molecule has 0 aromatic heterocycles. The number of anilines is 1. The smallest absolute Gasteiger partial charge is 0.241 e. The molecule has 1 aromatic carbocycles. The van der Waals surface area contributed by atoms with Gasteiger partial charge in [-0.3, -0.25) is 4.79 Å². The summed E-state index contributed by atoms with van der Waals surface area (Å²) in [5.74, 6) is 0.531. The van der Waals surface area contributed by atoms with Crippen molar-refractivity contribution < 1.29 is 9.53 Å². The zero-order chi connectivity index (χ0) is 11.3. The van der Waals surface area contributed by atoms with Gasteiger partial charge in [0.15, 0.2) is 0 Å². The predicted octanol–water partition coefficient (Wildman–Crippen LogP) is 1.37. The molecule has 3 N–H and O–H groups in total. The van der Waals surface area contributed by atoms with Crippen LogP contribution in [0, 0.1) is 0 Å². The molecule has 1 atom stereocenters. The van der Waals surface area contributed by atoms with Crippen molar-refractivity contribution in [1.82, 2.24) is 0 Å². The van der Waals surface area contributed by atoms with Crippen molar-refractivity contribution >= 4 is 11.6 Å². The number of nitrogens with one attached hydrogen (secondary N) is 1. The minimum atomic E-state index is -0.462. The topological polar surface area (TPSA) is 64.4 Å². The van der Waals surface area contributed by atoms with E-state index in [4.69, 9.17) is 10.5 Å². The molecule has 0 radical (unpaired) electrons. The molecule has 0 saturated heterocycles. The Morgan fingerprint density at radius 3 is 2.93 bits per heavy atom. The largest absolute Gasteiger partial charge is 0.497 e. The van der Waals surface area contributed by atoms with Gasteiger partial charge in [0.05, 0.1) is 13.2 Å². The van der Waals surface area contributed by atoms with E-state index in [1.807, 2.05) is 19.1 Å². The third-order valence-electron chi connectivity index (χ3n) is 2.11. The lowest BCUT2D eigenvalue weighted by molar-refractivity contribution is -0.117. The Labute approximate surface area is 89.4 Å². The Bertz CT molecular complexity index is 339. The number of amides is 1. The van der Waals surface area contributed by atoms with Gasteiger partial charge in [0.1, 0.15) is 5.75 Å². The van der Waals surface area contributed by atoms with E-state index in [9.17, 15) is 4.79 Å². The van der Waals surface area contributed by atoms with Gasteiger partial charge in [-0.1, -0.05) is 13.0 Å². The minimum Gasteiger partial charge on any atom is -0.497 e. The lowest BCUT2D eigenvalue weighted by Gasteiger charge is -2.10. The maximum atomic E-state index is 11.5. The van der Waals surface area contributed by atoms with Gasteiger partial charge in [-0.05, 0) is 18.6 Å². The summed E-state index contributed by atoms with van der Waals surface area (Å²) in [5, 5.41) is 2.72. The van der Waals surface area contributed by atoms with Gasteiger partial charge >= 0.3 is 0 Å². The van der Waals surface area contributed by atoms with E-state index < -0.39 is 6.04 Å². The van der Waals surface area contributed by atoms with Gasteiger partial charge in [-0.25, -0.2) is 0 Å². The molecule has 0 heterocycles. The first kappa shape index (κ1) is 11.5. The van der Waals surface area contributed by atoms with Crippen molar-refractivity contribution in [2.75, 3.05) is 12.4 Å². The number of ether oxygens (including phenoxy) is 1. The van der Waals surface area contributed by atoms with Crippen molar-refractivity contribution in [2.45, 2.75) is 19.4 Å². The number of hydrogen-bond donors (Lipinski definition) is 2. The van der Waals surface area contributed by atoms with E-state index in [0.717, 1.165) is 0 Å². The molecular weight excluding hydrogens is 192 g/mol. The van der Waals surface area contributed by atoms with Crippen LogP contribution in [0.1, 0.15) is 13.3 Å². The quantitative estimate of drug-likeness (QED) is 0.785. The van der Waals surface area contributed by atoms with Crippen LogP contribution in [0.25, 0.3) is 0 Å². The lowest BCUT2D eigenvalue weighted by atomic mass is 10.2. The number of hydrogen-bond acceptors (Lipinski definition) is 3. The molecule has 0 fully saturated rings. The van der Waals surface area contributed by atoms with Crippen LogP contribution in [0.3, 0.4) is 0 Å². The molecule has 15 heavy (non-hydrogen) atoms. The third kappa shape index (κ3) is 3.25. The van der Waals surface area contributed by atoms with Crippen LogP contribution in [0.2, 0.25) is 0 Å². The fourth-order valence-electron chi connectivity index (χ4n) is 1.12. The molecule has 0 bridgehead atoms. The zero-order valence-electron chi connectivity index (χ0n) is 8.99. The SMILES string of the molecule is CCC(N)C(=O)Nc1cccc(OC)c1. The number of methoxy groups -OCH3 is 1. The standard InChI is InChI=1S/C11H16N2O2/c1-3-10(12)11(14)13-8-5-4-6-9(7-8)15-2/h4-7,10H,3,12H2,1-2H3,(H,13,14). The molecule has 1 amide bonds. The number of carbonyl (C=O) groups excluding carboxylic acids is 1. The van der Waals surface area contributed by atoms with Gasteiger partial charge < -0.3 is 15.8 Å². The molecule has 4 heteroatoms. The molecule has 4 nitrogen and oxygen atoms in total. The van der Waals surface area contributed by atoms with Gasteiger partial charge in [-0.2, -0.15) is 0 Å². The van der Waals surface area contributed by atoms with Gasteiger partial charge in [0, 0.05) is 11.8 Å². The van der Waals surface area contributed by atoms with E-state index in [2.05, 4.69) is 5.32 Å². The third-order valence-corrected chi connectivity index (χ3v) is 2.11. The summed E-state index contributed by atoms with van der Waals surface area (Å²) in [6.45, 7) is 1.87. The molecule has 0 aliphatic heterocycles. The summed E-state index contributed by atoms with van der Waals surface area (Å²) in [7, 11) is 1.58. The highest BCUT2D eigenvalue weighted by atomic mass is 16.5. The monoisotopic (exact) mass is 208 g/mol. The first-order valence-corrected chi connectivity index (χ1v) is 4.88. The molecular formula is C11H16N2O2. The van der Waals surface area contributed by atoms with E-state index in [0.29, 0.717) is 17.9 Å².